The highest BCUT2D eigenvalue weighted by Gasteiger charge is 2.28. The Labute approximate surface area is 274 Å². The molecular weight excluding hydrogens is 612 g/mol. The molecule has 0 bridgehead atoms. The summed E-state index contributed by atoms with van der Waals surface area (Å²) in [6.07, 6.45) is 0. The minimum absolute atomic E-state index is 0.0317. The summed E-state index contributed by atoms with van der Waals surface area (Å²) in [5.41, 5.74) is 2.27. The lowest BCUT2D eigenvalue weighted by Crippen LogP contribution is -2.23. The maximum atomic E-state index is 13.3. The molecular formula is C38H32N2O8. The van der Waals surface area contributed by atoms with Gasteiger partial charge in [0.05, 0.1) is 11.1 Å². The molecule has 0 aromatic heterocycles. The van der Waals surface area contributed by atoms with Crippen molar-refractivity contribution in [3.05, 3.63) is 118 Å². The molecule has 2 amide bonds. The molecule has 0 radical (unpaired) electrons. The van der Waals surface area contributed by atoms with E-state index < -0.39 is 34.8 Å². The number of aromatic hydroxyl groups is 6. The zero-order chi connectivity index (χ0) is 34.3. The van der Waals surface area contributed by atoms with Crippen molar-refractivity contribution in [2.75, 3.05) is 0 Å². The van der Waals surface area contributed by atoms with Crippen molar-refractivity contribution in [3.63, 3.8) is 0 Å². The number of fused-ring (bicyclic) bond motifs is 2. The molecule has 0 spiro atoms. The normalized spacial score (nSPS) is 11.1. The number of hydrogen-bond acceptors (Lipinski definition) is 8. The molecule has 0 aliphatic heterocycles. The predicted octanol–water partition coefficient (Wildman–Crippen LogP) is 6.37. The average molecular weight is 645 g/mol. The van der Waals surface area contributed by atoms with E-state index in [9.17, 15) is 40.2 Å². The van der Waals surface area contributed by atoms with Crippen LogP contribution in [0.15, 0.2) is 84.9 Å². The number of nitrogens with one attached hydrogen (secondary N) is 2. The number of amides is 2. The van der Waals surface area contributed by atoms with E-state index >= 15 is 0 Å². The summed E-state index contributed by atoms with van der Waals surface area (Å²) in [5, 5.41) is 71.9. The number of carbonyl (C=O) groups is 2. The molecule has 242 valence electrons. The van der Waals surface area contributed by atoms with Crippen molar-refractivity contribution >= 4 is 33.4 Å². The van der Waals surface area contributed by atoms with Gasteiger partial charge in [-0.15, -0.1) is 0 Å². The van der Waals surface area contributed by atoms with E-state index in [1.807, 2.05) is 60.7 Å². The van der Waals surface area contributed by atoms with Crippen molar-refractivity contribution in [1.29, 1.82) is 0 Å². The molecule has 6 aromatic carbocycles. The van der Waals surface area contributed by atoms with Gasteiger partial charge in [0, 0.05) is 45.8 Å². The van der Waals surface area contributed by atoms with Crippen molar-refractivity contribution in [2.24, 2.45) is 0 Å². The first-order chi connectivity index (χ1) is 23.0. The molecule has 0 saturated heterocycles. The summed E-state index contributed by atoms with van der Waals surface area (Å²) >= 11 is 0. The number of phenolic OH excluding ortho intramolecular Hbond substituents is 6. The molecule has 10 nitrogen and oxygen atoms in total. The summed E-state index contributed by atoms with van der Waals surface area (Å²) < 4.78 is 0. The molecule has 0 fully saturated rings. The second kappa shape index (κ2) is 12.4. The maximum Gasteiger partial charge on any atom is 0.256 e. The maximum absolute atomic E-state index is 13.3. The van der Waals surface area contributed by atoms with Crippen molar-refractivity contribution in [1.82, 2.24) is 10.6 Å². The summed E-state index contributed by atoms with van der Waals surface area (Å²) in [6.45, 7) is 3.59. The molecule has 0 aliphatic carbocycles. The Kier molecular flexibility index (Phi) is 8.16. The zero-order valence-corrected chi connectivity index (χ0v) is 26.0. The summed E-state index contributed by atoms with van der Waals surface area (Å²) in [5.74, 6) is -4.72. The fraction of sp³-hybridized carbons (Fsp3) is 0.105. The van der Waals surface area contributed by atoms with Gasteiger partial charge in [0.2, 0.25) is 0 Å². The number of rotatable bonds is 7. The third-order valence-electron chi connectivity index (χ3n) is 8.43. The van der Waals surface area contributed by atoms with Crippen LogP contribution in [0.4, 0.5) is 0 Å². The molecule has 0 saturated carbocycles. The van der Waals surface area contributed by atoms with Crippen LogP contribution in [0, 0.1) is 13.8 Å². The summed E-state index contributed by atoms with van der Waals surface area (Å²) in [6, 6.07) is 23.6. The standard InChI is InChI=1S/C38H32N2O8/c1-19-13-23-25(15-27(41)35(45)31(23)37(47)39-17-21-9-5-3-6-10-21)33(43)29(19)30-20(2)14-24-26(34(30)44)16-28(42)36(46)32(24)38(48)40-18-22-11-7-4-8-12-22/h3-16,41-46H,17-18H2,1-2H3,(H,39,47)(H,40,48). The minimum atomic E-state index is -0.679. The van der Waals surface area contributed by atoms with Crippen LogP contribution < -0.4 is 10.6 Å². The topological polar surface area (TPSA) is 180 Å². The highest BCUT2D eigenvalue weighted by Crippen LogP contribution is 2.50. The summed E-state index contributed by atoms with van der Waals surface area (Å²) in [4.78, 5) is 26.7. The lowest BCUT2D eigenvalue weighted by molar-refractivity contribution is 0.0941. The minimum Gasteiger partial charge on any atom is -0.507 e. The number of aryl methyl sites for hydroxylation is 2. The molecule has 48 heavy (non-hydrogen) atoms. The van der Waals surface area contributed by atoms with Crippen LogP contribution in [0.5, 0.6) is 34.5 Å². The lowest BCUT2D eigenvalue weighted by Gasteiger charge is -2.20. The Bertz CT molecular complexity index is 2090. The molecule has 0 unspecified atom stereocenters. The highest BCUT2D eigenvalue weighted by molar-refractivity contribution is 6.16. The van der Waals surface area contributed by atoms with E-state index in [4.69, 9.17) is 0 Å². The number of benzene rings is 6. The van der Waals surface area contributed by atoms with Crippen molar-refractivity contribution < 1.29 is 40.2 Å². The van der Waals surface area contributed by atoms with Gasteiger partial charge in [-0.05, 0) is 60.4 Å². The Morgan fingerprint density at radius 3 is 1.21 bits per heavy atom. The Balaban J connectivity index is 1.47. The van der Waals surface area contributed by atoms with E-state index in [0.29, 0.717) is 11.1 Å². The second-order valence-corrected chi connectivity index (χ2v) is 11.6. The third-order valence-corrected chi connectivity index (χ3v) is 8.43. The van der Waals surface area contributed by atoms with Gasteiger partial charge in [-0.25, -0.2) is 0 Å². The van der Waals surface area contributed by atoms with Gasteiger partial charge in [0.15, 0.2) is 23.0 Å². The fourth-order valence-electron chi connectivity index (χ4n) is 6.08. The van der Waals surface area contributed by atoms with Crippen LogP contribution in [0.1, 0.15) is 43.0 Å². The van der Waals surface area contributed by atoms with Gasteiger partial charge in [0.25, 0.3) is 11.8 Å². The number of phenols is 6. The van der Waals surface area contributed by atoms with Crippen LogP contribution >= 0.6 is 0 Å². The molecule has 10 heteroatoms. The van der Waals surface area contributed by atoms with Crippen molar-refractivity contribution in [2.45, 2.75) is 26.9 Å². The SMILES string of the molecule is Cc1cc2c(C(=O)NCc3ccccc3)c(O)c(O)cc2c(O)c1-c1c(C)cc2c(C(=O)NCc3ccccc3)c(O)c(O)cc2c1O. The van der Waals surface area contributed by atoms with Crippen molar-refractivity contribution in [3.8, 4) is 45.6 Å². The quantitative estimate of drug-likeness (QED) is 0.0924. The molecule has 0 atom stereocenters. The van der Waals surface area contributed by atoms with Gasteiger partial charge in [-0.3, -0.25) is 9.59 Å². The number of hydrogen-bond donors (Lipinski definition) is 8. The Hall–Kier alpha value is -6.42. The van der Waals surface area contributed by atoms with E-state index in [-0.39, 0.29) is 68.4 Å². The first-order valence-corrected chi connectivity index (χ1v) is 15.0. The number of carbonyl (C=O) groups excluding carboxylic acids is 2. The van der Waals surface area contributed by atoms with E-state index in [1.165, 1.54) is 0 Å². The lowest BCUT2D eigenvalue weighted by atomic mass is 9.87. The summed E-state index contributed by atoms with van der Waals surface area (Å²) in [7, 11) is 0. The van der Waals surface area contributed by atoms with Crippen LogP contribution in [-0.2, 0) is 13.1 Å². The largest absolute Gasteiger partial charge is 0.507 e. The van der Waals surface area contributed by atoms with Crippen LogP contribution in [0.3, 0.4) is 0 Å². The smallest absolute Gasteiger partial charge is 0.256 e. The van der Waals surface area contributed by atoms with E-state index in [0.717, 1.165) is 23.3 Å². The fourth-order valence-corrected chi connectivity index (χ4v) is 6.08. The Morgan fingerprint density at radius 1 is 0.500 bits per heavy atom. The molecule has 8 N–H and O–H groups in total. The first-order valence-electron chi connectivity index (χ1n) is 15.0. The van der Waals surface area contributed by atoms with Crippen LogP contribution in [0.25, 0.3) is 32.7 Å². The first kappa shape index (κ1) is 31.6. The molecule has 0 heterocycles. The molecule has 6 rings (SSSR count). The molecule has 0 aliphatic rings. The highest BCUT2D eigenvalue weighted by atomic mass is 16.3. The third kappa shape index (κ3) is 5.49. The van der Waals surface area contributed by atoms with Crippen LogP contribution in [-0.4, -0.2) is 42.5 Å². The zero-order valence-electron chi connectivity index (χ0n) is 26.0. The Morgan fingerprint density at radius 2 is 0.854 bits per heavy atom. The molecule has 6 aromatic rings. The van der Waals surface area contributed by atoms with Gasteiger partial charge in [-0.1, -0.05) is 60.7 Å². The van der Waals surface area contributed by atoms with Gasteiger partial charge in [0.1, 0.15) is 11.5 Å². The van der Waals surface area contributed by atoms with E-state index in [2.05, 4.69) is 10.6 Å². The van der Waals surface area contributed by atoms with Gasteiger partial charge in [-0.2, -0.15) is 0 Å². The van der Waals surface area contributed by atoms with Crippen LogP contribution in [0.2, 0.25) is 0 Å². The van der Waals surface area contributed by atoms with Gasteiger partial charge < -0.3 is 41.3 Å². The second-order valence-electron chi connectivity index (χ2n) is 11.6. The average Bonchev–Trinajstić information content (AvgIpc) is 3.07. The monoisotopic (exact) mass is 644 g/mol. The predicted molar refractivity (Wildman–Crippen MR) is 182 cm³/mol. The van der Waals surface area contributed by atoms with Gasteiger partial charge >= 0.3 is 0 Å². The van der Waals surface area contributed by atoms with E-state index in [1.54, 1.807) is 26.0 Å².